The van der Waals surface area contributed by atoms with Gasteiger partial charge in [0.2, 0.25) is 0 Å². The predicted octanol–water partition coefficient (Wildman–Crippen LogP) is 3.01. The molecule has 1 fully saturated rings. The second kappa shape index (κ2) is 5.61. The third-order valence-corrected chi connectivity index (χ3v) is 4.38. The summed E-state index contributed by atoms with van der Waals surface area (Å²) in [5.74, 6) is 1.93. The Labute approximate surface area is 117 Å². The molecule has 0 aromatic carbocycles. The fourth-order valence-corrected chi connectivity index (χ4v) is 3.44. The molecule has 0 bridgehead atoms. The van der Waals surface area contributed by atoms with Gasteiger partial charge in [0.15, 0.2) is 0 Å². The van der Waals surface area contributed by atoms with E-state index < -0.39 is 0 Å². The Bertz CT molecular complexity index is 422. The molecule has 1 aliphatic carbocycles. The Morgan fingerprint density at radius 3 is 2.68 bits per heavy atom. The Hall–Kier alpha value is -0.900. The van der Waals surface area contributed by atoms with Crippen LogP contribution >= 0.6 is 0 Å². The number of hydrogen-bond acceptors (Lipinski definition) is 3. The minimum atomic E-state index is 0.324. The molecule has 1 aromatic rings. The summed E-state index contributed by atoms with van der Waals surface area (Å²) in [5, 5.41) is 8.38. The van der Waals surface area contributed by atoms with Crippen molar-refractivity contribution in [2.75, 3.05) is 6.54 Å². The van der Waals surface area contributed by atoms with E-state index in [4.69, 9.17) is 0 Å². The quantitative estimate of drug-likeness (QED) is 0.909. The first kappa shape index (κ1) is 14.5. The van der Waals surface area contributed by atoms with E-state index in [1.54, 1.807) is 0 Å². The number of rotatable bonds is 4. The summed E-state index contributed by atoms with van der Waals surface area (Å²) >= 11 is 0. The van der Waals surface area contributed by atoms with Crippen molar-refractivity contribution in [1.29, 1.82) is 0 Å². The summed E-state index contributed by atoms with van der Waals surface area (Å²) in [6.07, 6.45) is 4.95. The van der Waals surface area contributed by atoms with E-state index in [1.165, 1.54) is 25.7 Å². The second-order valence-corrected chi connectivity index (χ2v) is 6.53. The van der Waals surface area contributed by atoms with Crippen molar-refractivity contribution in [2.24, 2.45) is 5.41 Å². The average Bonchev–Trinajstić information content (AvgIpc) is 2.66. The van der Waals surface area contributed by atoms with Crippen molar-refractivity contribution in [1.82, 2.24) is 20.1 Å². The van der Waals surface area contributed by atoms with Gasteiger partial charge in [-0.15, -0.1) is 0 Å². The third kappa shape index (κ3) is 2.99. The molecule has 1 saturated carbocycles. The maximum Gasteiger partial charge on any atom is 0.147 e. The lowest BCUT2D eigenvalue weighted by Crippen LogP contribution is -2.51. The number of hydrogen-bond donors (Lipinski definition) is 1. The summed E-state index contributed by atoms with van der Waals surface area (Å²) in [4.78, 5) is 4.47. The average molecular weight is 264 g/mol. The van der Waals surface area contributed by atoms with Gasteiger partial charge in [0, 0.05) is 6.04 Å². The highest BCUT2D eigenvalue weighted by Crippen LogP contribution is 2.41. The van der Waals surface area contributed by atoms with E-state index in [1.807, 2.05) is 6.92 Å². The standard InChI is InChI=1S/C15H28N4/c1-6-10-16-14-13(8-7-9-15(14,4)5)19-12(3)17-11(2)18-19/h13-14,16H,6-10H2,1-5H3. The SMILES string of the molecule is CCCNC1C(n2nc(C)nc2C)CCCC1(C)C. The zero-order valence-electron chi connectivity index (χ0n) is 13.0. The molecule has 2 rings (SSSR count). The normalized spacial score (nSPS) is 26.6. The molecule has 108 valence electrons. The fraction of sp³-hybridized carbons (Fsp3) is 0.867. The minimum Gasteiger partial charge on any atom is -0.311 e. The van der Waals surface area contributed by atoms with Gasteiger partial charge < -0.3 is 5.32 Å². The van der Waals surface area contributed by atoms with Crippen LogP contribution in [-0.4, -0.2) is 27.4 Å². The molecule has 0 aliphatic heterocycles. The molecule has 0 amide bonds. The summed E-state index contributed by atoms with van der Waals surface area (Å²) in [7, 11) is 0. The molecule has 0 radical (unpaired) electrons. The number of nitrogens with one attached hydrogen (secondary N) is 1. The zero-order chi connectivity index (χ0) is 14.0. The maximum atomic E-state index is 4.62. The van der Waals surface area contributed by atoms with Crippen molar-refractivity contribution in [2.45, 2.75) is 72.4 Å². The van der Waals surface area contributed by atoms with E-state index >= 15 is 0 Å². The predicted molar refractivity (Wildman–Crippen MR) is 78.2 cm³/mol. The molecule has 4 nitrogen and oxygen atoms in total. The van der Waals surface area contributed by atoms with Crippen LogP contribution in [0.25, 0.3) is 0 Å². The number of aromatic nitrogens is 3. The van der Waals surface area contributed by atoms with Crippen molar-refractivity contribution < 1.29 is 0 Å². The minimum absolute atomic E-state index is 0.324. The van der Waals surface area contributed by atoms with Crippen LogP contribution in [0.3, 0.4) is 0 Å². The van der Waals surface area contributed by atoms with Crippen LogP contribution in [0.15, 0.2) is 0 Å². The molecular weight excluding hydrogens is 236 g/mol. The summed E-state index contributed by atoms with van der Waals surface area (Å²) in [6, 6.07) is 0.928. The molecule has 2 unspecified atom stereocenters. The van der Waals surface area contributed by atoms with Gasteiger partial charge in [-0.25, -0.2) is 9.67 Å². The Kier molecular flexibility index (Phi) is 4.29. The topological polar surface area (TPSA) is 42.7 Å². The molecule has 1 N–H and O–H groups in total. The molecule has 4 heteroatoms. The third-order valence-electron chi connectivity index (χ3n) is 4.38. The first-order chi connectivity index (χ1) is 8.95. The van der Waals surface area contributed by atoms with E-state index in [-0.39, 0.29) is 0 Å². The van der Waals surface area contributed by atoms with Gasteiger partial charge in [-0.3, -0.25) is 0 Å². The van der Waals surface area contributed by atoms with Crippen molar-refractivity contribution >= 4 is 0 Å². The monoisotopic (exact) mass is 264 g/mol. The lowest BCUT2D eigenvalue weighted by Gasteiger charge is -2.44. The Morgan fingerprint density at radius 1 is 1.37 bits per heavy atom. The van der Waals surface area contributed by atoms with Gasteiger partial charge in [-0.1, -0.05) is 27.2 Å². The van der Waals surface area contributed by atoms with Gasteiger partial charge in [0.1, 0.15) is 11.6 Å². The van der Waals surface area contributed by atoms with E-state index in [0.29, 0.717) is 17.5 Å². The Morgan fingerprint density at radius 2 is 2.11 bits per heavy atom. The van der Waals surface area contributed by atoms with Gasteiger partial charge in [-0.05, 0) is 45.1 Å². The fourth-order valence-electron chi connectivity index (χ4n) is 3.44. The van der Waals surface area contributed by atoms with E-state index in [2.05, 4.69) is 47.8 Å². The van der Waals surface area contributed by atoms with Gasteiger partial charge in [-0.2, -0.15) is 5.10 Å². The highest BCUT2D eigenvalue weighted by molar-refractivity contribution is 5.00. The smallest absolute Gasteiger partial charge is 0.147 e. The Balaban J connectivity index is 2.27. The maximum absolute atomic E-state index is 4.62. The van der Waals surface area contributed by atoms with Crippen molar-refractivity contribution in [3.8, 4) is 0 Å². The molecule has 0 saturated heterocycles. The molecule has 19 heavy (non-hydrogen) atoms. The molecule has 1 heterocycles. The van der Waals surface area contributed by atoms with Crippen LogP contribution in [0.2, 0.25) is 0 Å². The highest BCUT2D eigenvalue weighted by Gasteiger charge is 2.40. The molecule has 2 atom stereocenters. The van der Waals surface area contributed by atoms with Crippen LogP contribution < -0.4 is 5.32 Å². The van der Waals surface area contributed by atoms with Crippen molar-refractivity contribution in [3.63, 3.8) is 0 Å². The highest BCUT2D eigenvalue weighted by atomic mass is 15.4. The van der Waals surface area contributed by atoms with Crippen LogP contribution in [0.5, 0.6) is 0 Å². The first-order valence-electron chi connectivity index (χ1n) is 7.59. The van der Waals surface area contributed by atoms with Crippen LogP contribution in [-0.2, 0) is 0 Å². The van der Waals surface area contributed by atoms with Gasteiger partial charge in [0.25, 0.3) is 0 Å². The number of nitrogens with zero attached hydrogens (tertiary/aromatic N) is 3. The van der Waals surface area contributed by atoms with Crippen LogP contribution in [0, 0.1) is 19.3 Å². The molecular formula is C15H28N4. The first-order valence-corrected chi connectivity index (χ1v) is 7.59. The van der Waals surface area contributed by atoms with Crippen LogP contribution in [0.1, 0.15) is 64.1 Å². The largest absolute Gasteiger partial charge is 0.311 e. The summed E-state index contributed by atoms with van der Waals surface area (Å²) in [5.41, 5.74) is 0.324. The zero-order valence-corrected chi connectivity index (χ0v) is 13.0. The van der Waals surface area contributed by atoms with Gasteiger partial charge >= 0.3 is 0 Å². The second-order valence-electron chi connectivity index (χ2n) is 6.53. The molecule has 1 aromatic heterocycles. The summed E-state index contributed by atoms with van der Waals surface area (Å²) < 4.78 is 2.16. The van der Waals surface area contributed by atoms with E-state index in [0.717, 1.165) is 18.2 Å². The number of aryl methyl sites for hydroxylation is 2. The van der Waals surface area contributed by atoms with Crippen molar-refractivity contribution in [3.05, 3.63) is 11.6 Å². The summed E-state index contributed by atoms with van der Waals surface area (Å²) in [6.45, 7) is 12.1. The lowest BCUT2D eigenvalue weighted by atomic mass is 9.70. The van der Waals surface area contributed by atoms with Crippen LogP contribution in [0.4, 0.5) is 0 Å². The molecule has 1 aliphatic rings. The van der Waals surface area contributed by atoms with E-state index in [9.17, 15) is 0 Å². The molecule has 0 spiro atoms. The lowest BCUT2D eigenvalue weighted by molar-refractivity contribution is 0.104. The van der Waals surface area contributed by atoms with Gasteiger partial charge in [0.05, 0.1) is 6.04 Å².